The predicted octanol–water partition coefficient (Wildman–Crippen LogP) is 3.27. The van der Waals surface area contributed by atoms with E-state index in [-0.39, 0.29) is 12.2 Å². The molecule has 0 saturated heterocycles. The Labute approximate surface area is 98.2 Å². The van der Waals surface area contributed by atoms with Crippen molar-refractivity contribution in [1.29, 1.82) is 0 Å². The molecule has 0 spiro atoms. The first-order valence-corrected chi connectivity index (χ1v) is 6.05. The third-order valence-corrected chi connectivity index (χ3v) is 2.77. The summed E-state index contributed by atoms with van der Waals surface area (Å²) >= 11 is 0. The van der Waals surface area contributed by atoms with E-state index in [4.69, 9.17) is 5.11 Å². The van der Waals surface area contributed by atoms with Crippen LogP contribution in [0.5, 0.6) is 0 Å². The van der Waals surface area contributed by atoms with Gasteiger partial charge in [0.2, 0.25) is 0 Å². The minimum absolute atomic E-state index is 0.0383. The van der Waals surface area contributed by atoms with Crippen molar-refractivity contribution in [3.63, 3.8) is 0 Å². The van der Waals surface area contributed by atoms with Crippen molar-refractivity contribution >= 4 is 11.8 Å². The second kappa shape index (κ2) is 6.66. The van der Waals surface area contributed by atoms with Crippen molar-refractivity contribution in [1.82, 2.24) is 0 Å². The van der Waals surface area contributed by atoms with Crippen LogP contribution >= 0.6 is 0 Å². The van der Waals surface area contributed by atoms with E-state index in [1.807, 2.05) is 20.8 Å². The molecular formula is C13H24O3. The Bertz CT molecular complexity index is 238. The van der Waals surface area contributed by atoms with Gasteiger partial charge in [0.25, 0.3) is 0 Å². The van der Waals surface area contributed by atoms with E-state index in [1.165, 1.54) is 0 Å². The number of Topliss-reactive ketones (excluding diaryl/α,β-unsaturated/α-hetero) is 1. The first kappa shape index (κ1) is 15.1. The molecule has 1 unspecified atom stereocenters. The fourth-order valence-corrected chi connectivity index (χ4v) is 1.48. The van der Waals surface area contributed by atoms with Crippen molar-refractivity contribution in [2.75, 3.05) is 0 Å². The van der Waals surface area contributed by atoms with E-state index in [9.17, 15) is 9.59 Å². The van der Waals surface area contributed by atoms with Gasteiger partial charge in [-0.15, -0.1) is 0 Å². The average Bonchev–Trinajstić information content (AvgIpc) is 2.14. The molecule has 0 rings (SSSR count). The van der Waals surface area contributed by atoms with E-state index < -0.39 is 17.3 Å². The molecule has 0 bridgehead atoms. The number of rotatable bonds is 7. The second-order valence-electron chi connectivity index (χ2n) is 5.41. The van der Waals surface area contributed by atoms with E-state index in [0.29, 0.717) is 6.42 Å². The molecule has 0 saturated carbocycles. The summed E-state index contributed by atoms with van der Waals surface area (Å²) in [7, 11) is 0. The zero-order valence-electron chi connectivity index (χ0n) is 10.9. The van der Waals surface area contributed by atoms with Gasteiger partial charge in [-0.2, -0.15) is 0 Å². The molecule has 0 heterocycles. The van der Waals surface area contributed by atoms with Crippen LogP contribution in [0.4, 0.5) is 0 Å². The number of hydrogen-bond donors (Lipinski definition) is 1. The Balaban J connectivity index is 4.24. The van der Waals surface area contributed by atoms with Crippen molar-refractivity contribution in [2.24, 2.45) is 11.3 Å². The summed E-state index contributed by atoms with van der Waals surface area (Å²) in [4.78, 5) is 22.8. The fraction of sp³-hybridized carbons (Fsp3) is 0.846. The highest BCUT2D eigenvalue weighted by atomic mass is 16.4. The van der Waals surface area contributed by atoms with Crippen LogP contribution in [-0.4, -0.2) is 16.9 Å². The summed E-state index contributed by atoms with van der Waals surface area (Å²) in [5.41, 5.74) is -0.432. The third kappa shape index (κ3) is 5.89. The number of unbranched alkanes of at least 4 members (excludes halogenated alkanes) is 2. The minimum atomic E-state index is -0.839. The van der Waals surface area contributed by atoms with E-state index >= 15 is 0 Å². The lowest BCUT2D eigenvalue weighted by Gasteiger charge is -2.19. The molecule has 0 aromatic rings. The lowest BCUT2D eigenvalue weighted by Crippen LogP contribution is -2.26. The van der Waals surface area contributed by atoms with E-state index in [2.05, 4.69) is 6.92 Å². The van der Waals surface area contributed by atoms with Crippen LogP contribution in [0.1, 0.15) is 59.8 Å². The molecule has 0 aromatic carbocycles. The van der Waals surface area contributed by atoms with Crippen LogP contribution in [0.3, 0.4) is 0 Å². The largest absolute Gasteiger partial charge is 0.481 e. The average molecular weight is 228 g/mol. The lowest BCUT2D eigenvalue weighted by molar-refractivity contribution is -0.145. The van der Waals surface area contributed by atoms with Gasteiger partial charge in [-0.1, -0.05) is 47.0 Å². The molecular weight excluding hydrogens is 204 g/mol. The number of ketones is 1. The summed E-state index contributed by atoms with van der Waals surface area (Å²) in [5.74, 6) is -1.30. The van der Waals surface area contributed by atoms with Gasteiger partial charge < -0.3 is 5.11 Å². The number of carboxylic acid groups (broad SMARTS) is 1. The Morgan fingerprint density at radius 3 is 2.12 bits per heavy atom. The Hall–Kier alpha value is -0.860. The minimum Gasteiger partial charge on any atom is -0.481 e. The maximum Gasteiger partial charge on any atom is 0.306 e. The fourth-order valence-electron chi connectivity index (χ4n) is 1.48. The molecule has 0 aliphatic carbocycles. The third-order valence-electron chi connectivity index (χ3n) is 2.77. The van der Waals surface area contributed by atoms with Crippen LogP contribution in [0.2, 0.25) is 0 Å². The first-order chi connectivity index (χ1) is 7.29. The van der Waals surface area contributed by atoms with Gasteiger partial charge in [0.05, 0.1) is 5.92 Å². The van der Waals surface area contributed by atoms with Gasteiger partial charge >= 0.3 is 5.97 Å². The maximum atomic E-state index is 11.7. The van der Waals surface area contributed by atoms with Crippen LogP contribution in [-0.2, 0) is 9.59 Å². The second-order valence-corrected chi connectivity index (χ2v) is 5.41. The van der Waals surface area contributed by atoms with Crippen molar-refractivity contribution in [3.8, 4) is 0 Å². The number of carboxylic acids is 1. The summed E-state index contributed by atoms with van der Waals surface area (Å²) < 4.78 is 0. The van der Waals surface area contributed by atoms with Crippen LogP contribution < -0.4 is 0 Å². The number of carbonyl (C=O) groups excluding carboxylic acids is 1. The van der Waals surface area contributed by atoms with Crippen molar-refractivity contribution < 1.29 is 14.7 Å². The number of carbonyl (C=O) groups is 2. The van der Waals surface area contributed by atoms with Gasteiger partial charge in [-0.3, -0.25) is 9.59 Å². The highest BCUT2D eigenvalue weighted by Crippen LogP contribution is 2.23. The number of aliphatic carboxylic acids is 1. The zero-order chi connectivity index (χ0) is 12.8. The predicted molar refractivity (Wildman–Crippen MR) is 64.3 cm³/mol. The van der Waals surface area contributed by atoms with Gasteiger partial charge in [0.15, 0.2) is 0 Å². The molecule has 3 nitrogen and oxygen atoms in total. The summed E-state index contributed by atoms with van der Waals surface area (Å²) in [6.07, 6.45) is 3.78. The molecule has 0 radical (unpaired) electrons. The molecule has 94 valence electrons. The topological polar surface area (TPSA) is 54.4 Å². The first-order valence-electron chi connectivity index (χ1n) is 6.05. The van der Waals surface area contributed by atoms with Gasteiger partial charge in [-0.25, -0.2) is 0 Å². The highest BCUT2D eigenvalue weighted by Gasteiger charge is 2.27. The van der Waals surface area contributed by atoms with Crippen molar-refractivity contribution in [2.45, 2.75) is 59.8 Å². The quantitative estimate of drug-likeness (QED) is 0.680. The molecule has 16 heavy (non-hydrogen) atoms. The van der Waals surface area contributed by atoms with Gasteiger partial charge in [0, 0.05) is 11.8 Å². The number of hydrogen-bond acceptors (Lipinski definition) is 2. The normalized spacial score (nSPS) is 13.5. The Morgan fingerprint density at radius 1 is 1.19 bits per heavy atom. The van der Waals surface area contributed by atoms with Crippen LogP contribution in [0.25, 0.3) is 0 Å². The van der Waals surface area contributed by atoms with Crippen LogP contribution in [0.15, 0.2) is 0 Å². The lowest BCUT2D eigenvalue weighted by atomic mass is 9.84. The molecule has 1 atom stereocenters. The summed E-state index contributed by atoms with van der Waals surface area (Å²) in [5, 5.41) is 9.03. The summed E-state index contributed by atoms with van der Waals surface area (Å²) in [6.45, 7) is 7.58. The standard InChI is InChI=1S/C13H24O3/c1-5-6-7-8-10(12(15)16)9-11(14)13(2,3)4/h10H,5-9H2,1-4H3,(H,15,16). The molecule has 0 amide bonds. The molecule has 0 aliphatic rings. The summed E-state index contributed by atoms with van der Waals surface area (Å²) in [6, 6.07) is 0. The van der Waals surface area contributed by atoms with Gasteiger partial charge in [-0.05, 0) is 6.42 Å². The van der Waals surface area contributed by atoms with Crippen LogP contribution in [0, 0.1) is 11.3 Å². The van der Waals surface area contributed by atoms with E-state index in [1.54, 1.807) is 0 Å². The van der Waals surface area contributed by atoms with Gasteiger partial charge in [0.1, 0.15) is 5.78 Å². The zero-order valence-corrected chi connectivity index (χ0v) is 10.9. The maximum absolute atomic E-state index is 11.7. The molecule has 0 aromatic heterocycles. The highest BCUT2D eigenvalue weighted by molar-refractivity contribution is 5.87. The molecule has 0 aliphatic heterocycles. The molecule has 1 N–H and O–H groups in total. The molecule has 0 fully saturated rings. The smallest absolute Gasteiger partial charge is 0.306 e. The monoisotopic (exact) mass is 228 g/mol. The Morgan fingerprint density at radius 2 is 1.75 bits per heavy atom. The van der Waals surface area contributed by atoms with E-state index in [0.717, 1.165) is 19.3 Å². The van der Waals surface area contributed by atoms with Crippen molar-refractivity contribution in [3.05, 3.63) is 0 Å². The molecule has 3 heteroatoms. The SMILES string of the molecule is CCCCCC(CC(=O)C(C)(C)C)C(=O)O. The Kier molecular flexibility index (Phi) is 6.31.